The summed E-state index contributed by atoms with van der Waals surface area (Å²) < 4.78 is 0. The van der Waals surface area contributed by atoms with E-state index < -0.39 is 0 Å². The van der Waals surface area contributed by atoms with Gasteiger partial charge in [-0.2, -0.15) is 0 Å². The molecule has 3 heteroatoms. The van der Waals surface area contributed by atoms with Crippen LogP contribution in [-0.4, -0.2) is 12.8 Å². The molecule has 2 aliphatic rings. The first-order chi connectivity index (χ1) is 7.31. The molecule has 0 aromatic heterocycles. The summed E-state index contributed by atoms with van der Waals surface area (Å²) in [5, 5.41) is 3.00. The second kappa shape index (κ2) is 4.57. The van der Waals surface area contributed by atoms with E-state index in [1.54, 1.807) is 0 Å². The summed E-state index contributed by atoms with van der Waals surface area (Å²) in [6.07, 6.45) is 14.9. The Morgan fingerprint density at radius 2 is 1.93 bits per heavy atom. The van der Waals surface area contributed by atoms with E-state index in [9.17, 15) is 0 Å². The van der Waals surface area contributed by atoms with Crippen molar-refractivity contribution >= 4 is 0 Å². The van der Waals surface area contributed by atoms with Gasteiger partial charge in [0.15, 0.2) is 0 Å². The molecule has 0 heterocycles. The van der Waals surface area contributed by atoms with Gasteiger partial charge >= 0.3 is 0 Å². The molecule has 0 amide bonds. The highest BCUT2D eigenvalue weighted by atomic mass is 15.1. The van der Waals surface area contributed by atoms with Crippen LogP contribution in [0.4, 0.5) is 0 Å². The molecule has 0 aliphatic heterocycles. The molecule has 5 N–H and O–H groups in total. The van der Waals surface area contributed by atoms with Crippen molar-refractivity contribution < 1.29 is 0 Å². The Bertz CT molecular complexity index is 339. The Morgan fingerprint density at radius 3 is 2.67 bits per heavy atom. The molecular formula is C12H17N3. The van der Waals surface area contributed by atoms with Crippen LogP contribution in [0.1, 0.15) is 0 Å². The quantitative estimate of drug-likeness (QED) is 0.590. The molecule has 3 unspecified atom stereocenters. The number of hydrogen-bond acceptors (Lipinski definition) is 3. The molecule has 0 spiro atoms. The van der Waals surface area contributed by atoms with Crippen molar-refractivity contribution in [2.24, 2.45) is 23.3 Å². The van der Waals surface area contributed by atoms with Crippen LogP contribution < -0.4 is 16.8 Å². The van der Waals surface area contributed by atoms with Crippen LogP contribution in [0.3, 0.4) is 0 Å². The van der Waals surface area contributed by atoms with E-state index in [4.69, 9.17) is 11.5 Å². The van der Waals surface area contributed by atoms with Gasteiger partial charge < -0.3 is 11.5 Å². The van der Waals surface area contributed by atoms with Crippen molar-refractivity contribution in [2.75, 3.05) is 6.67 Å². The fraction of sp³-hybridized carbons (Fsp3) is 0.333. The third-order valence-corrected chi connectivity index (χ3v) is 2.81. The Morgan fingerprint density at radius 1 is 1.20 bits per heavy atom. The lowest BCUT2D eigenvalue weighted by Gasteiger charge is -2.25. The zero-order valence-corrected chi connectivity index (χ0v) is 8.64. The monoisotopic (exact) mass is 203 g/mol. The maximum absolute atomic E-state index is 5.93. The van der Waals surface area contributed by atoms with Crippen molar-refractivity contribution in [3.05, 3.63) is 48.1 Å². The van der Waals surface area contributed by atoms with E-state index in [0.717, 1.165) is 5.57 Å². The summed E-state index contributed by atoms with van der Waals surface area (Å²) in [5.74, 6) is 0.935. The first-order valence-corrected chi connectivity index (χ1v) is 5.25. The number of nitrogens with two attached hydrogens (primary N) is 2. The van der Waals surface area contributed by atoms with E-state index in [0.29, 0.717) is 18.5 Å². The van der Waals surface area contributed by atoms with Crippen LogP contribution in [0.2, 0.25) is 0 Å². The molecule has 3 atom stereocenters. The molecule has 80 valence electrons. The van der Waals surface area contributed by atoms with E-state index in [1.807, 2.05) is 0 Å². The van der Waals surface area contributed by atoms with E-state index >= 15 is 0 Å². The minimum absolute atomic E-state index is 0.161. The van der Waals surface area contributed by atoms with Crippen molar-refractivity contribution in [2.45, 2.75) is 6.17 Å². The van der Waals surface area contributed by atoms with E-state index in [-0.39, 0.29) is 6.17 Å². The highest BCUT2D eigenvalue weighted by molar-refractivity contribution is 5.35. The Hall–Kier alpha value is -1.16. The van der Waals surface area contributed by atoms with Gasteiger partial charge in [0.25, 0.3) is 0 Å². The first-order valence-electron chi connectivity index (χ1n) is 5.25. The topological polar surface area (TPSA) is 64.1 Å². The fourth-order valence-electron chi connectivity index (χ4n) is 1.95. The summed E-state index contributed by atoms with van der Waals surface area (Å²) in [5.41, 5.74) is 12.4. The average molecular weight is 203 g/mol. The number of rotatable bonds is 3. The third kappa shape index (κ3) is 2.26. The predicted molar refractivity (Wildman–Crippen MR) is 62.6 cm³/mol. The SMILES string of the molecule is NCNC(N)C1=CC2C=CC=CC2C=C1. The van der Waals surface area contributed by atoms with Gasteiger partial charge in [-0.1, -0.05) is 42.5 Å². The van der Waals surface area contributed by atoms with Crippen molar-refractivity contribution in [3.63, 3.8) is 0 Å². The summed E-state index contributed by atoms with van der Waals surface area (Å²) in [6.45, 7) is 0.399. The van der Waals surface area contributed by atoms with Crippen LogP contribution in [0.5, 0.6) is 0 Å². The molecule has 0 saturated heterocycles. The predicted octanol–water partition coefficient (Wildman–Crippen LogP) is 0.632. The molecule has 0 saturated carbocycles. The Kier molecular flexibility index (Phi) is 3.16. The van der Waals surface area contributed by atoms with Crippen LogP contribution in [0.15, 0.2) is 48.1 Å². The Labute approximate surface area is 90.2 Å². The third-order valence-electron chi connectivity index (χ3n) is 2.81. The zero-order chi connectivity index (χ0) is 10.7. The molecule has 15 heavy (non-hydrogen) atoms. The minimum Gasteiger partial charge on any atom is -0.318 e. The van der Waals surface area contributed by atoms with Crippen LogP contribution >= 0.6 is 0 Å². The van der Waals surface area contributed by atoms with Gasteiger partial charge in [-0.05, 0) is 5.57 Å². The molecule has 0 aromatic carbocycles. The van der Waals surface area contributed by atoms with Gasteiger partial charge in [0.1, 0.15) is 0 Å². The van der Waals surface area contributed by atoms with Gasteiger partial charge in [0.2, 0.25) is 0 Å². The normalized spacial score (nSPS) is 29.9. The molecule has 0 bridgehead atoms. The van der Waals surface area contributed by atoms with Crippen LogP contribution in [0.25, 0.3) is 0 Å². The van der Waals surface area contributed by atoms with E-state index in [2.05, 4.69) is 47.8 Å². The smallest absolute Gasteiger partial charge is 0.0816 e. The standard InChI is InChI=1S/C12H17N3/c13-8-15-12(14)11-6-5-9-3-1-2-4-10(9)7-11/h1-7,9-10,12,15H,8,13-14H2. The van der Waals surface area contributed by atoms with Crippen LogP contribution in [-0.2, 0) is 0 Å². The fourth-order valence-corrected chi connectivity index (χ4v) is 1.95. The van der Waals surface area contributed by atoms with Gasteiger partial charge in [-0.25, -0.2) is 0 Å². The van der Waals surface area contributed by atoms with Gasteiger partial charge in [-0.15, -0.1) is 0 Å². The van der Waals surface area contributed by atoms with Gasteiger partial charge in [-0.3, -0.25) is 5.32 Å². The van der Waals surface area contributed by atoms with Crippen molar-refractivity contribution in [1.29, 1.82) is 0 Å². The van der Waals surface area contributed by atoms with Gasteiger partial charge in [0.05, 0.1) is 6.17 Å². The number of hydrogen-bond donors (Lipinski definition) is 3. The average Bonchev–Trinajstić information content (AvgIpc) is 2.29. The molecule has 3 nitrogen and oxygen atoms in total. The number of fused-ring (bicyclic) bond motifs is 1. The van der Waals surface area contributed by atoms with Crippen molar-refractivity contribution in [1.82, 2.24) is 5.32 Å². The highest BCUT2D eigenvalue weighted by Crippen LogP contribution is 2.28. The number of allylic oxidation sites excluding steroid dienone is 6. The number of nitrogens with one attached hydrogen (secondary N) is 1. The first kappa shape index (κ1) is 10.4. The molecule has 0 fully saturated rings. The molecule has 2 aliphatic carbocycles. The van der Waals surface area contributed by atoms with E-state index in [1.165, 1.54) is 0 Å². The molecule has 0 radical (unpaired) electrons. The molecule has 0 aromatic rings. The lowest BCUT2D eigenvalue weighted by Crippen LogP contribution is -2.42. The second-order valence-electron chi connectivity index (χ2n) is 3.84. The summed E-state index contributed by atoms with van der Waals surface area (Å²) in [6, 6.07) is 0. The minimum atomic E-state index is -0.161. The lowest BCUT2D eigenvalue weighted by molar-refractivity contribution is 0.583. The molecular weight excluding hydrogens is 186 g/mol. The summed E-state index contributed by atoms with van der Waals surface area (Å²) >= 11 is 0. The largest absolute Gasteiger partial charge is 0.318 e. The summed E-state index contributed by atoms with van der Waals surface area (Å²) in [7, 11) is 0. The lowest BCUT2D eigenvalue weighted by atomic mass is 9.82. The van der Waals surface area contributed by atoms with Crippen molar-refractivity contribution in [3.8, 4) is 0 Å². The highest BCUT2D eigenvalue weighted by Gasteiger charge is 2.19. The maximum atomic E-state index is 5.93. The second-order valence-corrected chi connectivity index (χ2v) is 3.84. The molecule has 2 rings (SSSR count). The van der Waals surface area contributed by atoms with Gasteiger partial charge in [0, 0.05) is 18.5 Å². The zero-order valence-electron chi connectivity index (χ0n) is 8.64. The summed E-state index contributed by atoms with van der Waals surface area (Å²) in [4.78, 5) is 0. The Balaban J connectivity index is 2.10. The maximum Gasteiger partial charge on any atom is 0.0816 e. The van der Waals surface area contributed by atoms with Crippen LogP contribution in [0, 0.1) is 11.8 Å².